The first-order chi connectivity index (χ1) is 9.57. The molecule has 0 heterocycles. The lowest BCUT2D eigenvalue weighted by molar-refractivity contribution is -0.923. The highest BCUT2D eigenvalue weighted by Crippen LogP contribution is 2.08. The Bertz CT molecular complexity index is 274. The molecule has 0 unspecified atom stereocenters. The van der Waals surface area contributed by atoms with E-state index in [1.807, 2.05) is 0 Å². The van der Waals surface area contributed by atoms with Crippen LogP contribution in [0, 0.1) is 11.8 Å². The molecule has 0 fully saturated rings. The van der Waals surface area contributed by atoms with Crippen LogP contribution in [0.4, 0.5) is 0 Å². The number of hydrogen-bond acceptors (Lipinski definition) is 0. The molecule has 0 aromatic heterocycles. The Morgan fingerprint density at radius 3 is 1.45 bits per heavy atom. The van der Waals surface area contributed by atoms with Crippen LogP contribution < -0.4 is 0 Å². The van der Waals surface area contributed by atoms with Crippen LogP contribution in [0.1, 0.15) is 54.4 Å². The van der Waals surface area contributed by atoms with Crippen molar-refractivity contribution >= 4 is 0 Å². The molecular weight excluding hydrogens is 244 g/mol. The first-order valence-corrected chi connectivity index (χ1v) is 8.73. The summed E-state index contributed by atoms with van der Waals surface area (Å²) in [5, 5.41) is 0. The van der Waals surface area contributed by atoms with Gasteiger partial charge in [0.1, 0.15) is 6.54 Å². The fourth-order valence-corrected chi connectivity index (χ4v) is 2.97. The second kappa shape index (κ2) is 10.2. The maximum Gasteiger partial charge on any atom is 0.140 e. The molecule has 0 aliphatic rings. The van der Waals surface area contributed by atoms with Gasteiger partial charge in [0.2, 0.25) is 0 Å². The van der Waals surface area contributed by atoms with Crippen molar-refractivity contribution in [2.75, 3.05) is 52.4 Å². The zero-order chi connectivity index (χ0) is 15.5. The molecule has 0 aliphatic heterocycles. The summed E-state index contributed by atoms with van der Waals surface area (Å²) < 4.78 is 2.40. The summed E-state index contributed by atoms with van der Waals surface area (Å²) in [4.78, 5) is 0. The minimum Gasteiger partial charge on any atom is -0.324 e. The molecule has 118 valence electrons. The van der Waals surface area contributed by atoms with E-state index in [1.54, 1.807) is 0 Å². The summed E-state index contributed by atoms with van der Waals surface area (Å²) in [6, 6.07) is 0. The van der Waals surface area contributed by atoms with Crippen molar-refractivity contribution < 1.29 is 8.97 Å². The Hall–Kier alpha value is -0.520. The fourth-order valence-electron chi connectivity index (χ4n) is 2.97. The molecule has 0 aliphatic carbocycles. The lowest BCUT2D eigenvalue weighted by atomic mass is 10.2. The van der Waals surface area contributed by atoms with Crippen molar-refractivity contribution in [3.63, 3.8) is 0 Å². The largest absolute Gasteiger partial charge is 0.324 e. The zero-order valence-corrected chi connectivity index (χ0v) is 15.0. The molecule has 0 rings (SSSR count). The van der Waals surface area contributed by atoms with Gasteiger partial charge in [0.15, 0.2) is 0 Å². The average Bonchev–Trinajstić information content (AvgIpc) is 2.52. The number of quaternary nitrogens is 2. The summed E-state index contributed by atoms with van der Waals surface area (Å²) in [7, 11) is 0. The molecule has 0 radical (unpaired) electrons. The first kappa shape index (κ1) is 19.5. The summed E-state index contributed by atoms with van der Waals surface area (Å²) in [6.07, 6.45) is 2.31. The van der Waals surface area contributed by atoms with Gasteiger partial charge in [-0.3, -0.25) is 0 Å². The summed E-state index contributed by atoms with van der Waals surface area (Å²) in [5.41, 5.74) is 0. The molecule has 2 heteroatoms. The highest BCUT2D eigenvalue weighted by atomic mass is 15.3. The quantitative estimate of drug-likeness (QED) is 0.327. The van der Waals surface area contributed by atoms with E-state index in [-0.39, 0.29) is 0 Å². The first-order valence-electron chi connectivity index (χ1n) is 8.73. The molecule has 0 aromatic carbocycles. The second-order valence-electron chi connectivity index (χ2n) is 5.92. The predicted molar refractivity (Wildman–Crippen MR) is 90.5 cm³/mol. The van der Waals surface area contributed by atoms with Gasteiger partial charge in [-0.1, -0.05) is 5.92 Å². The molecule has 2 nitrogen and oxygen atoms in total. The minimum absolute atomic E-state index is 1.03. The van der Waals surface area contributed by atoms with Crippen LogP contribution in [0.2, 0.25) is 0 Å². The van der Waals surface area contributed by atoms with Gasteiger partial charge in [0.05, 0.1) is 45.8 Å². The third-order valence-electron chi connectivity index (χ3n) is 5.50. The number of hydrogen-bond donors (Lipinski definition) is 0. The van der Waals surface area contributed by atoms with Gasteiger partial charge in [-0.2, -0.15) is 0 Å². The van der Waals surface area contributed by atoms with E-state index in [0.29, 0.717) is 0 Å². The molecule has 0 saturated carbocycles. The van der Waals surface area contributed by atoms with E-state index in [9.17, 15) is 0 Å². The number of nitrogens with zero attached hydrogens (tertiary/aromatic N) is 2. The molecule has 20 heavy (non-hydrogen) atoms. The number of rotatable bonds is 10. The second-order valence-corrected chi connectivity index (χ2v) is 5.92. The van der Waals surface area contributed by atoms with Gasteiger partial charge in [-0.15, -0.1) is 0 Å². The Kier molecular flexibility index (Phi) is 9.98. The van der Waals surface area contributed by atoms with Crippen molar-refractivity contribution in [2.45, 2.75) is 54.4 Å². The van der Waals surface area contributed by atoms with E-state index in [0.717, 1.165) is 17.4 Å². The molecule has 0 aromatic rings. The summed E-state index contributed by atoms with van der Waals surface area (Å²) in [6.45, 7) is 23.4. The third-order valence-corrected chi connectivity index (χ3v) is 5.50. The number of unbranched alkanes of at least 4 members (excludes halogenated alkanes) is 1. The Labute approximate surface area is 128 Å². The molecule has 0 bridgehead atoms. The standard InChI is InChI=1S/C18H38N2/c1-7-19(8-2,9-3)17-15-13-14-16-18-20(10-4,11-5)12-6/h7-13,15,17-18H2,1-6H3/q+2. The molecule has 0 spiro atoms. The molecule has 0 atom stereocenters. The monoisotopic (exact) mass is 282 g/mol. The van der Waals surface area contributed by atoms with Gasteiger partial charge in [0, 0.05) is 12.8 Å². The van der Waals surface area contributed by atoms with E-state index in [2.05, 4.69) is 53.4 Å². The highest BCUT2D eigenvalue weighted by molar-refractivity contribution is 4.99. The van der Waals surface area contributed by atoms with Crippen LogP contribution in [0.5, 0.6) is 0 Å². The highest BCUT2D eigenvalue weighted by Gasteiger charge is 2.20. The molecule has 0 amide bonds. The van der Waals surface area contributed by atoms with Gasteiger partial charge in [0.25, 0.3) is 0 Å². The predicted octanol–water partition coefficient (Wildman–Crippen LogP) is 3.52. The topological polar surface area (TPSA) is 0 Å². The summed E-state index contributed by atoms with van der Waals surface area (Å²) in [5.74, 6) is 6.85. The van der Waals surface area contributed by atoms with Crippen molar-refractivity contribution in [3.8, 4) is 11.8 Å². The van der Waals surface area contributed by atoms with Crippen molar-refractivity contribution in [1.29, 1.82) is 0 Å². The van der Waals surface area contributed by atoms with E-state index in [1.165, 1.54) is 56.7 Å². The van der Waals surface area contributed by atoms with E-state index < -0.39 is 0 Å². The van der Waals surface area contributed by atoms with Crippen molar-refractivity contribution in [1.82, 2.24) is 0 Å². The van der Waals surface area contributed by atoms with Gasteiger partial charge >= 0.3 is 0 Å². The Morgan fingerprint density at radius 1 is 0.600 bits per heavy atom. The van der Waals surface area contributed by atoms with E-state index in [4.69, 9.17) is 0 Å². The van der Waals surface area contributed by atoms with Crippen LogP contribution >= 0.6 is 0 Å². The van der Waals surface area contributed by atoms with Gasteiger partial charge < -0.3 is 8.97 Å². The maximum absolute atomic E-state index is 3.43. The lowest BCUT2D eigenvalue weighted by Gasteiger charge is -2.35. The Morgan fingerprint density at radius 2 is 1.05 bits per heavy atom. The molecule has 0 N–H and O–H groups in total. The lowest BCUT2D eigenvalue weighted by Crippen LogP contribution is -2.48. The minimum atomic E-state index is 1.03. The van der Waals surface area contributed by atoms with Gasteiger partial charge in [-0.25, -0.2) is 0 Å². The van der Waals surface area contributed by atoms with Crippen molar-refractivity contribution in [2.24, 2.45) is 0 Å². The van der Waals surface area contributed by atoms with E-state index >= 15 is 0 Å². The SMILES string of the molecule is CC[N+](CC)(CC)CC#CCCC[N+](CC)(CC)CC. The summed E-state index contributed by atoms with van der Waals surface area (Å²) >= 11 is 0. The van der Waals surface area contributed by atoms with Crippen LogP contribution in [0.15, 0.2) is 0 Å². The van der Waals surface area contributed by atoms with Crippen LogP contribution in [0.3, 0.4) is 0 Å². The smallest absolute Gasteiger partial charge is 0.140 e. The van der Waals surface area contributed by atoms with Crippen LogP contribution in [0.25, 0.3) is 0 Å². The normalized spacial score (nSPS) is 12.1. The van der Waals surface area contributed by atoms with Crippen LogP contribution in [-0.4, -0.2) is 61.3 Å². The molecule has 0 saturated heterocycles. The van der Waals surface area contributed by atoms with Crippen molar-refractivity contribution in [3.05, 3.63) is 0 Å². The zero-order valence-electron chi connectivity index (χ0n) is 15.0. The average molecular weight is 283 g/mol. The van der Waals surface area contributed by atoms with Crippen LogP contribution in [-0.2, 0) is 0 Å². The Balaban J connectivity index is 4.17. The maximum atomic E-state index is 3.43. The fraction of sp³-hybridized carbons (Fsp3) is 0.889. The molecular formula is C18H38N2+2. The third kappa shape index (κ3) is 5.85. The van der Waals surface area contributed by atoms with Gasteiger partial charge in [-0.05, 0) is 47.5 Å².